The molecule has 0 aliphatic carbocycles. The van der Waals surface area contributed by atoms with Gasteiger partial charge in [-0.2, -0.15) is 5.10 Å². The van der Waals surface area contributed by atoms with Crippen LogP contribution in [-0.2, 0) is 38.1 Å². The van der Waals surface area contributed by atoms with Crippen LogP contribution in [0.1, 0.15) is 22.5 Å². The molecule has 3 aromatic rings. The lowest BCUT2D eigenvalue weighted by molar-refractivity contribution is 0.107. The highest BCUT2D eigenvalue weighted by Gasteiger charge is 2.03. The minimum atomic E-state index is 0. The Morgan fingerprint density at radius 2 is 1.55 bits per heavy atom. The molecule has 0 bridgehead atoms. The lowest BCUT2D eigenvalue weighted by atomic mass is 10.1. The molecular formula is C21H27IN6O. The molecule has 0 spiro atoms. The monoisotopic (exact) mass is 506 g/mol. The van der Waals surface area contributed by atoms with Gasteiger partial charge in [0.25, 0.3) is 0 Å². The van der Waals surface area contributed by atoms with E-state index >= 15 is 0 Å². The van der Waals surface area contributed by atoms with Crippen LogP contribution in [0.2, 0.25) is 0 Å². The van der Waals surface area contributed by atoms with Crippen molar-refractivity contribution < 1.29 is 4.74 Å². The Balaban J connectivity index is 0.00000300. The summed E-state index contributed by atoms with van der Waals surface area (Å²) in [6.45, 7) is 2.47. The summed E-state index contributed by atoms with van der Waals surface area (Å²) in [4.78, 5) is 8.42. The van der Waals surface area contributed by atoms with Crippen LogP contribution in [0.5, 0.6) is 0 Å². The summed E-state index contributed by atoms with van der Waals surface area (Å²) in [6.07, 6.45) is 1.54. The third-order valence-electron chi connectivity index (χ3n) is 4.31. The van der Waals surface area contributed by atoms with Crippen LogP contribution in [0, 0.1) is 0 Å². The number of aliphatic imine (C=N–C) groups is 1. The van der Waals surface area contributed by atoms with Crippen molar-refractivity contribution in [3.05, 3.63) is 83.4 Å². The number of ether oxygens (including phenoxy) is 1. The molecule has 1 aromatic heterocycles. The molecule has 0 radical (unpaired) electrons. The van der Waals surface area contributed by atoms with E-state index in [0.29, 0.717) is 26.3 Å². The summed E-state index contributed by atoms with van der Waals surface area (Å²) in [5, 5.41) is 10.6. The first-order valence-electron chi connectivity index (χ1n) is 9.21. The molecule has 1 heterocycles. The van der Waals surface area contributed by atoms with E-state index < -0.39 is 0 Å². The van der Waals surface area contributed by atoms with E-state index in [1.165, 1.54) is 11.1 Å². The van der Waals surface area contributed by atoms with Gasteiger partial charge in [-0.3, -0.25) is 9.67 Å². The summed E-state index contributed by atoms with van der Waals surface area (Å²) >= 11 is 0. The van der Waals surface area contributed by atoms with Crippen molar-refractivity contribution in [3.8, 4) is 0 Å². The van der Waals surface area contributed by atoms with Crippen LogP contribution < -0.4 is 10.6 Å². The SMILES string of the molecule is CN=C(NCc1ccc(COCc2ccccc2)cc1)NCc1ncnn1C.I. The molecule has 154 valence electrons. The Morgan fingerprint density at radius 1 is 0.931 bits per heavy atom. The van der Waals surface area contributed by atoms with Crippen LogP contribution in [-0.4, -0.2) is 27.8 Å². The number of aryl methyl sites for hydroxylation is 1. The first-order chi connectivity index (χ1) is 13.7. The molecule has 2 N–H and O–H groups in total. The van der Waals surface area contributed by atoms with E-state index in [4.69, 9.17) is 4.74 Å². The van der Waals surface area contributed by atoms with Gasteiger partial charge in [-0.15, -0.1) is 24.0 Å². The first kappa shape index (κ1) is 22.8. The number of guanidine groups is 1. The highest BCUT2D eigenvalue weighted by Crippen LogP contribution is 2.08. The van der Waals surface area contributed by atoms with E-state index in [2.05, 4.69) is 62.1 Å². The van der Waals surface area contributed by atoms with Gasteiger partial charge < -0.3 is 15.4 Å². The Kier molecular flexibility index (Phi) is 9.58. The molecule has 8 heteroatoms. The van der Waals surface area contributed by atoms with Gasteiger partial charge in [-0.05, 0) is 16.7 Å². The molecule has 0 saturated heterocycles. The van der Waals surface area contributed by atoms with E-state index in [-0.39, 0.29) is 24.0 Å². The van der Waals surface area contributed by atoms with E-state index in [9.17, 15) is 0 Å². The van der Waals surface area contributed by atoms with Gasteiger partial charge in [0.2, 0.25) is 0 Å². The molecule has 3 rings (SSSR count). The maximum absolute atomic E-state index is 5.78. The van der Waals surface area contributed by atoms with Crippen molar-refractivity contribution in [2.45, 2.75) is 26.3 Å². The van der Waals surface area contributed by atoms with E-state index in [1.807, 2.05) is 25.2 Å². The fourth-order valence-electron chi connectivity index (χ4n) is 2.66. The molecule has 0 aliphatic rings. The molecule has 0 atom stereocenters. The predicted octanol–water partition coefficient (Wildman–Crippen LogP) is 3.02. The third-order valence-corrected chi connectivity index (χ3v) is 4.31. The minimum absolute atomic E-state index is 0. The van der Waals surface area contributed by atoms with Crippen molar-refractivity contribution in [1.29, 1.82) is 0 Å². The maximum atomic E-state index is 5.78. The summed E-state index contributed by atoms with van der Waals surface area (Å²) < 4.78 is 7.52. The van der Waals surface area contributed by atoms with Crippen LogP contribution in [0.3, 0.4) is 0 Å². The highest BCUT2D eigenvalue weighted by atomic mass is 127. The number of hydrogen-bond acceptors (Lipinski definition) is 4. The summed E-state index contributed by atoms with van der Waals surface area (Å²) in [6, 6.07) is 18.6. The average Bonchev–Trinajstić information content (AvgIpc) is 3.15. The number of aromatic nitrogens is 3. The molecule has 0 saturated carbocycles. The molecular weight excluding hydrogens is 479 g/mol. The standard InChI is InChI=1S/C21H26N6O.HI/c1-22-21(24-13-20-25-16-26-27(20)2)23-12-17-8-10-19(11-9-17)15-28-14-18-6-4-3-5-7-18;/h3-11,16H,12-15H2,1-2H3,(H2,22,23,24);1H. The van der Waals surface area contributed by atoms with Crippen molar-refractivity contribution in [2.75, 3.05) is 7.05 Å². The quantitative estimate of drug-likeness (QED) is 0.279. The molecule has 0 fully saturated rings. The minimum Gasteiger partial charge on any atom is -0.372 e. The molecule has 29 heavy (non-hydrogen) atoms. The van der Waals surface area contributed by atoms with Gasteiger partial charge in [0.15, 0.2) is 5.96 Å². The van der Waals surface area contributed by atoms with Gasteiger partial charge >= 0.3 is 0 Å². The second-order valence-corrected chi connectivity index (χ2v) is 6.37. The Morgan fingerprint density at radius 3 is 2.17 bits per heavy atom. The van der Waals surface area contributed by atoms with Gasteiger partial charge in [-0.25, -0.2) is 4.98 Å². The summed E-state index contributed by atoms with van der Waals surface area (Å²) in [7, 11) is 3.62. The van der Waals surface area contributed by atoms with Gasteiger partial charge in [0.05, 0.1) is 19.8 Å². The topological polar surface area (TPSA) is 76.4 Å². The predicted molar refractivity (Wildman–Crippen MR) is 125 cm³/mol. The first-order valence-corrected chi connectivity index (χ1v) is 9.21. The molecule has 0 amide bonds. The Labute approximate surface area is 188 Å². The van der Waals surface area contributed by atoms with E-state index in [1.54, 1.807) is 18.1 Å². The number of halogens is 1. The van der Waals surface area contributed by atoms with Gasteiger partial charge in [-0.1, -0.05) is 54.6 Å². The van der Waals surface area contributed by atoms with Crippen molar-refractivity contribution >= 4 is 29.9 Å². The van der Waals surface area contributed by atoms with E-state index in [0.717, 1.165) is 17.3 Å². The number of hydrogen-bond donors (Lipinski definition) is 2. The molecule has 0 unspecified atom stereocenters. The van der Waals surface area contributed by atoms with Crippen molar-refractivity contribution in [2.24, 2.45) is 12.0 Å². The van der Waals surface area contributed by atoms with Crippen molar-refractivity contribution in [3.63, 3.8) is 0 Å². The number of rotatable bonds is 8. The fraction of sp³-hybridized carbons (Fsp3) is 0.286. The second kappa shape index (κ2) is 12.2. The zero-order valence-electron chi connectivity index (χ0n) is 16.7. The molecule has 0 aliphatic heterocycles. The normalized spacial score (nSPS) is 11.0. The van der Waals surface area contributed by atoms with Gasteiger partial charge in [0, 0.05) is 20.6 Å². The van der Waals surface area contributed by atoms with Crippen LogP contribution in [0.15, 0.2) is 65.9 Å². The smallest absolute Gasteiger partial charge is 0.191 e. The molecule has 2 aromatic carbocycles. The van der Waals surface area contributed by atoms with Crippen molar-refractivity contribution in [1.82, 2.24) is 25.4 Å². The number of nitrogens with one attached hydrogen (secondary N) is 2. The third kappa shape index (κ3) is 7.47. The van der Waals surface area contributed by atoms with Crippen LogP contribution >= 0.6 is 24.0 Å². The zero-order valence-corrected chi connectivity index (χ0v) is 19.0. The maximum Gasteiger partial charge on any atom is 0.191 e. The lowest BCUT2D eigenvalue weighted by Gasteiger charge is -2.12. The fourth-order valence-corrected chi connectivity index (χ4v) is 2.66. The Hall–Kier alpha value is -2.46. The molecule has 7 nitrogen and oxygen atoms in total. The average molecular weight is 506 g/mol. The van der Waals surface area contributed by atoms with Crippen LogP contribution in [0.25, 0.3) is 0 Å². The summed E-state index contributed by atoms with van der Waals surface area (Å²) in [5.41, 5.74) is 3.52. The zero-order chi connectivity index (χ0) is 19.6. The number of nitrogens with zero attached hydrogens (tertiary/aromatic N) is 4. The second-order valence-electron chi connectivity index (χ2n) is 6.37. The van der Waals surface area contributed by atoms with Crippen LogP contribution in [0.4, 0.5) is 0 Å². The largest absolute Gasteiger partial charge is 0.372 e. The number of benzene rings is 2. The van der Waals surface area contributed by atoms with Gasteiger partial charge in [0.1, 0.15) is 12.2 Å². The summed E-state index contributed by atoms with van der Waals surface area (Å²) in [5.74, 6) is 1.57. The Bertz CT molecular complexity index is 880. The lowest BCUT2D eigenvalue weighted by Crippen LogP contribution is -2.36. The highest BCUT2D eigenvalue weighted by molar-refractivity contribution is 14.0.